The minimum atomic E-state index is -0.982. The maximum atomic E-state index is 12.0. The Balaban J connectivity index is 1.44. The molecule has 0 radical (unpaired) electrons. The molecule has 0 aromatic carbocycles. The van der Waals surface area contributed by atoms with Gasteiger partial charge in [0.25, 0.3) is 5.88 Å². The highest BCUT2D eigenvalue weighted by atomic mass is 16.5. The lowest BCUT2D eigenvalue weighted by atomic mass is 10.0. The maximum absolute atomic E-state index is 12.0. The lowest BCUT2D eigenvalue weighted by Gasteiger charge is -2.23. The Kier molecular flexibility index (Phi) is 5.13. The smallest absolute Gasteiger partial charge is 0.254 e. The Hall–Kier alpha value is -2.68. The number of aryl methyl sites for hydroxylation is 1. The molecule has 1 aliphatic heterocycles. The van der Waals surface area contributed by atoms with Gasteiger partial charge in [-0.1, -0.05) is 0 Å². The third-order valence-corrected chi connectivity index (χ3v) is 4.13. The van der Waals surface area contributed by atoms with Crippen LogP contribution >= 0.6 is 0 Å². The fourth-order valence-electron chi connectivity index (χ4n) is 2.72. The summed E-state index contributed by atoms with van der Waals surface area (Å²) in [5.74, 6) is 1.40. The number of rotatable bonds is 7. The minimum Gasteiger partial charge on any atom is -0.479 e. The molecule has 1 aliphatic rings. The summed E-state index contributed by atoms with van der Waals surface area (Å²) in [6, 6.07) is 3.39. The normalized spacial score (nSPS) is 19.8. The zero-order valence-corrected chi connectivity index (χ0v) is 14.0. The number of hydrogen-bond acceptors (Lipinski definition) is 8. The molecule has 1 atom stereocenters. The van der Waals surface area contributed by atoms with E-state index in [1.165, 1.54) is 7.11 Å². The summed E-state index contributed by atoms with van der Waals surface area (Å²) in [7, 11) is 1.50. The predicted octanol–water partition coefficient (Wildman–Crippen LogP) is 0.163. The number of aromatic nitrogens is 3. The second kappa shape index (κ2) is 7.47. The quantitative estimate of drug-likeness (QED) is 0.728. The molecule has 2 N–H and O–H groups in total. The summed E-state index contributed by atoms with van der Waals surface area (Å²) < 4.78 is 9.96. The second-order valence-electron chi connectivity index (χ2n) is 6.06. The van der Waals surface area contributed by atoms with Crippen molar-refractivity contribution < 1.29 is 19.2 Å². The van der Waals surface area contributed by atoms with Crippen LogP contribution in [0.5, 0.6) is 5.88 Å². The third-order valence-electron chi connectivity index (χ3n) is 4.13. The molecule has 3 rings (SSSR count). The molecule has 2 aromatic rings. The van der Waals surface area contributed by atoms with Gasteiger partial charge in [0, 0.05) is 44.4 Å². The van der Waals surface area contributed by atoms with Gasteiger partial charge < -0.3 is 24.6 Å². The molecule has 0 saturated carbocycles. The first kappa shape index (κ1) is 17.2. The van der Waals surface area contributed by atoms with Gasteiger partial charge >= 0.3 is 0 Å². The highest BCUT2D eigenvalue weighted by molar-refractivity contribution is 5.76. The number of nitrogens with zero attached hydrogens (tertiary/aromatic N) is 4. The number of carbonyl (C=O) groups is 1. The number of hydrogen-bond donors (Lipinski definition) is 2. The van der Waals surface area contributed by atoms with Crippen molar-refractivity contribution in [2.75, 3.05) is 31.6 Å². The number of aliphatic hydroxyl groups is 1. The van der Waals surface area contributed by atoms with Gasteiger partial charge in [0.05, 0.1) is 13.7 Å². The van der Waals surface area contributed by atoms with E-state index in [1.807, 2.05) is 4.90 Å². The van der Waals surface area contributed by atoms with Crippen molar-refractivity contribution in [2.45, 2.75) is 24.9 Å². The summed E-state index contributed by atoms with van der Waals surface area (Å²) in [6.07, 6.45) is 4.55. The number of amides is 1. The average Bonchev–Trinajstić information content (AvgIpc) is 3.26. The molecule has 0 aliphatic carbocycles. The Bertz CT molecular complexity index is 708. The zero-order valence-electron chi connectivity index (χ0n) is 14.0. The maximum Gasteiger partial charge on any atom is 0.254 e. The number of carbonyl (C=O) groups excluding carboxylic acids is 1. The summed E-state index contributed by atoms with van der Waals surface area (Å²) >= 11 is 0. The molecule has 0 unspecified atom stereocenters. The molecule has 0 bridgehead atoms. The van der Waals surface area contributed by atoms with Crippen LogP contribution in [0.15, 0.2) is 29.0 Å². The van der Waals surface area contributed by atoms with Crippen molar-refractivity contribution in [3.63, 3.8) is 0 Å². The topological polar surface area (TPSA) is 114 Å². The average molecular weight is 347 g/mol. The standard InChI is InChI=1S/C16H21N5O4/c1-24-14-9-12(25-20-14)3-4-13(22)19-10-16(23)5-8-21(11-16)15-17-6-2-7-18-15/h2,6-7,9,23H,3-5,8,10-11H2,1H3,(H,19,22)/t16-/m0/s1. The predicted molar refractivity (Wildman–Crippen MR) is 88.2 cm³/mol. The van der Waals surface area contributed by atoms with Gasteiger partial charge in [-0.15, -0.1) is 0 Å². The van der Waals surface area contributed by atoms with E-state index in [-0.39, 0.29) is 18.9 Å². The van der Waals surface area contributed by atoms with Crippen molar-refractivity contribution in [2.24, 2.45) is 0 Å². The first-order valence-electron chi connectivity index (χ1n) is 8.09. The first-order valence-corrected chi connectivity index (χ1v) is 8.09. The third kappa shape index (κ3) is 4.44. The Morgan fingerprint density at radius 2 is 2.28 bits per heavy atom. The summed E-state index contributed by atoms with van der Waals surface area (Å²) in [4.78, 5) is 22.3. The monoisotopic (exact) mass is 347 g/mol. The molecule has 25 heavy (non-hydrogen) atoms. The molecule has 1 amide bonds. The van der Waals surface area contributed by atoms with Crippen molar-refractivity contribution in [3.05, 3.63) is 30.3 Å². The van der Waals surface area contributed by atoms with Gasteiger partial charge in [-0.05, 0) is 17.6 Å². The van der Waals surface area contributed by atoms with Crippen LogP contribution in [-0.2, 0) is 11.2 Å². The van der Waals surface area contributed by atoms with Crippen LogP contribution in [0.1, 0.15) is 18.6 Å². The molecule has 0 spiro atoms. The van der Waals surface area contributed by atoms with Crippen LogP contribution in [0.4, 0.5) is 5.95 Å². The van der Waals surface area contributed by atoms with E-state index < -0.39 is 5.60 Å². The van der Waals surface area contributed by atoms with Crippen LogP contribution in [-0.4, -0.2) is 58.5 Å². The van der Waals surface area contributed by atoms with E-state index in [2.05, 4.69) is 20.4 Å². The van der Waals surface area contributed by atoms with Crippen LogP contribution in [0.25, 0.3) is 0 Å². The van der Waals surface area contributed by atoms with E-state index in [0.717, 1.165) is 0 Å². The largest absolute Gasteiger partial charge is 0.479 e. The molecule has 9 heteroatoms. The van der Waals surface area contributed by atoms with E-state index in [1.54, 1.807) is 24.5 Å². The fraction of sp³-hybridized carbons (Fsp3) is 0.500. The molecule has 1 saturated heterocycles. The number of ether oxygens (including phenoxy) is 1. The van der Waals surface area contributed by atoms with Crippen molar-refractivity contribution >= 4 is 11.9 Å². The highest BCUT2D eigenvalue weighted by Crippen LogP contribution is 2.23. The van der Waals surface area contributed by atoms with Crippen LogP contribution in [0.3, 0.4) is 0 Å². The molecular formula is C16H21N5O4. The Morgan fingerprint density at radius 3 is 3.00 bits per heavy atom. The number of nitrogens with one attached hydrogen (secondary N) is 1. The summed E-state index contributed by atoms with van der Waals surface area (Å²) in [5, 5.41) is 17.1. The van der Waals surface area contributed by atoms with Gasteiger partial charge in [-0.25, -0.2) is 9.97 Å². The number of methoxy groups -OCH3 is 1. The van der Waals surface area contributed by atoms with Crippen LogP contribution in [0.2, 0.25) is 0 Å². The summed E-state index contributed by atoms with van der Waals surface area (Å²) in [6.45, 7) is 1.22. The fourth-order valence-corrected chi connectivity index (χ4v) is 2.72. The first-order chi connectivity index (χ1) is 12.1. The highest BCUT2D eigenvalue weighted by Gasteiger charge is 2.37. The van der Waals surface area contributed by atoms with Gasteiger partial charge in [0.15, 0.2) is 0 Å². The van der Waals surface area contributed by atoms with Gasteiger partial charge in [-0.2, -0.15) is 0 Å². The van der Waals surface area contributed by atoms with Gasteiger partial charge in [0.2, 0.25) is 11.9 Å². The van der Waals surface area contributed by atoms with E-state index in [9.17, 15) is 9.90 Å². The Labute approximate surface area is 145 Å². The van der Waals surface area contributed by atoms with Gasteiger partial charge in [-0.3, -0.25) is 4.79 Å². The zero-order chi connectivity index (χ0) is 17.7. The summed E-state index contributed by atoms with van der Waals surface area (Å²) in [5.41, 5.74) is -0.982. The van der Waals surface area contributed by atoms with Crippen LogP contribution < -0.4 is 15.0 Å². The van der Waals surface area contributed by atoms with E-state index >= 15 is 0 Å². The SMILES string of the molecule is COc1cc(CCC(=O)NC[C@@]2(O)CCN(c3ncccn3)C2)on1. The number of β-amino-alcohol motifs (C(OH)–C–C–N with tert-alkyl or cyclic N) is 1. The van der Waals surface area contributed by atoms with E-state index in [4.69, 9.17) is 9.26 Å². The molecular weight excluding hydrogens is 326 g/mol. The van der Waals surface area contributed by atoms with E-state index in [0.29, 0.717) is 43.5 Å². The Morgan fingerprint density at radius 1 is 1.48 bits per heavy atom. The molecule has 9 nitrogen and oxygen atoms in total. The molecule has 2 aromatic heterocycles. The second-order valence-corrected chi connectivity index (χ2v) is 6.06. The van der Waals surface area contributed by atoms with Crippen molar-refractivity contribution in [1.82, 2.24) is 20.4 Å². The molecule has 1 fully saturated rings. The number of anilines is 1. The van der Waals surface area contributed by atoms with Crippen molar-refractivity contribution in [3.8, 4) is 5.88 Å². The minimum absolute atomic E-state index is 0.154. The van der Waals surface area contributed by atoms with Gasteiger partial charge in [0.1, 0.15) is 11.4 Å². The molecule has 134 valence electrons. The lowest BCUT2D eigenvalue weighted by molar-refractivity contribution is -0.122. The van der Waals surface area contributed by atoms with Crippen molar-refractivity contribution in [1.29, 1.82) is 0 Å². The van der Waals surface area contributed by atoms with Crippen LogP contribution in [0, 0.1) is 0 Å². The lowest BCUT2D eigenvalue weighted by Crippen LogP contribution is -2.45. The molecule has 3 heterocycles.